The van der Waals surface area contributed by atoms with Crippen LogP contribution in [0.4, 0.5) is 0 Å². The summed E-state index contributed by atoms with van der Waals surface area (Å²) in [6, 6.07) is 4.03. The van der Waals surface area contributed by atoms with Crippen LogP contribution >= 0.6 is 24.0 Å². The molecule has 0 bridgehead atoms. The molecule has 0 fully saturated rings. The van der Waals surface area contributed by atoms with Gasteiger partial charge in [-0.2, -0.15) is 0 Å². The van der Waals surface area contributed by atoms with E-state index in [0.717, 1.165) is 11.3 Å². The summed E-state index contributed by atoms with van der Waals surface area (Å²) in [5.41, 5.74) is 3.21. The first-order chi connectivity index (χ1) is 5.81. The van der Waals surface area contributed by atoms with Gasteiger partial charge in [-0.15, -0.1) is 24.0 Å². The van der Waals surface area contributed by atoms with Crippen molar-refractivity contribution in [2.75, 3.05) is 0 Å². The third-order valence-corrected chi connectivity index (χ3v) is 2.14. The van der Waals surface area contributed by atoms with Crippen LogP contribution in [0.15, 0.2) is 24.5 Å². The molecule has 0 amide bonds. The second-order valence-electron chi connectivity index (χ2n) is 2.82. The van der Waals surface area contributed by atoms with E-state index in [1.54, 1.807) is 0 Å². The molecule has 0 atom stereocenters. The third-order valence-electron chi connectivity index (χ3n) is 1.87. The molecule has 0 radical (unpaired) electrons. The molecule has 0 spiro atoms. The van der Waals surface area contributed by atoms with Crippen LogP contribution < -0.4 is 0 Å². The quantitative estimate of drug-likeness (QED) is 0.671. The first-order valence-corrected chi connectivity index (χ1v) is 4.33. The normalized spacial score (nSPS) is 10.0. The molecule has 0 aliphatic carbocycles. The van der Waals surface area contributed by atoms with Gasteiger partial charge in [-0.05, 0) is 18.6 Å². The maximum atomic E-state index is 5.74. The van der Waals surface area contributed by atoms with Gasteiger partial charge in [0, 0.05) is 6.20 Å². The van der Waals surface area contributed by atoms with Crippen molar-refractivity contribution in [3.8, 4) is 0 Å². The molecule has 0 saturated heterocycles. The highest BCUT2D eigenvalue weighted by atomic mass is 35.5. The molecule has 0 saturated carbocycles. The van der Waals surface area contributed by atoms with Crippen molar-refractivity contribution in [2.24, 2.45) is 0 Å². The lowest BCUT2D eigenvalue weighted by atomic mass is 10.3. The van der Waals surface area contributed by atoms with Crippen LogP contribution in [0.2, 0.25) is 0 Å². The molecule has 4 heteroatoms. The van der Waals surface area contributed by atoms with Crippen molar-refractivity contribution in [3.63, 3.8) is 0 Å². The second kappa shape index (κ2) is 3.99. The van der Waals surface area contributed by atoms with E-state index in [0.29, 0.717) is 5.88 Å². The topological polar surface area (TPSA) is 17.3 Å². The van der Waals surface area contributed by atoms with Crippen LogP contribution in [-0.4, -0.2) is 9.38 Å². The van der Waals surface area contributed by atoms with E-state index in [4.69, 9.17) is 11.6 Å². The number of halogens is 2. The number of aryl methyl sites for hydroxylation is 1. The highest BCUT2D eigenvalue weighted by Crippen LogP contribution is 2.09. The fourth-order valence-electron chi connectivity index (χ4n) is 1.24. The largest absolute Gasteiger partial charge is 0.303 e. The van der Waals surface area contributed by atoms with Gasteiger partial charge >= 0.3 is 0 Å². The number of pyridine rings is 1. The summed E-state index contributed by atoms with van der Waals surface area (Å²) in [6.45, 7) is 2.05. The van der Waals surface area contributed by atoms with Crippen molar-refractivity contribution in [1.29, 1.82) is 0 Å². The lowest BCUT2D eigenvalue weighted by Gasteiger charge is -1.98. The van der Waals surface area contributed by atoms with Crippen LogP contribution in [-0.2, 0) is 5.88 Å². The zero-order valence-corrected chi connectivity index (χ0v) is 8.77. The molecule has 0 unspecified atom stereocenters. The number of fused-ring (bicyclic) bond motifs is 1. The average molecular weight is 217 g/mol. The van der Waals surface area contributed by atoms with Crippen LogP contribution in [0.3, 0.4) is 0 Å². The zero-order valence-electron chi connectivity index (χ0n) is 7.20. The maximum absolute atomic E-state index is 5.74. The molecule has 2 aromatic rings. The van der Waals surface area contributed by atoms with Gasteiger partial charge in [0.25, 0.3) is 0 Å². The molecule has 0 N–H and O–H groups in total. The Morgan fingerprint density at radius 1 is 1.46 bits per heavy atom. The lowest BCUT2D eigenvalue weighted by molar-refractivity contribution is 1.07. The smallest absolute Gasteiger partial charge is 0.136 e. The van der Waals surface area contributed by atoms with E-state index in [-0.39, 0.29) is 12.4 Å². The minimum absolute atomic E-state index is 0. The Morgan fingerprint density at radius 3 is 2.92 bits per heavy atom. The van der Waals surface area contributed by atoms with Crippen molar-refractivity contribution >= 4 is 29.7 Å². The SMILES string of the molecule is Cc1ccc2ncc(CCl)n2c1.Cl. The molecule has 0 aromatic carbocycles. The molecule has 2 aromatic heterocycles. The van der Waals surface area contributed by atoms with Gasteiger partial charge in [-0.25, -0.2) is 4.98 Å². The Hall–Kier alpha value is -0.730. The predicted molar refractivity (Wildman–Crippen MR) is 56.7 cm³/mol. The average Bonchev–Trinajstić information content (AvgIpc) is 2.46. The van der Waals surface area contributed by atoms with Gasteiger partial charge in [0.2, 0.25) is 0 Å². The number of rotatable bonds is 1. The van der Waals surface area contributed by atoms with E-state index in [1.807, 2.05) is 28.9 Å². The van der Waals surface area contributed by atoms with Gasteiger partial charge in [0.15, 0.2) is 0 Å². The minimum atomic E-state index is 0. The fourth-order valence-corrected chi connectivity index (χ4v) is 1.43. The molecule has 2 heterocycles. The predicted octanol–water partition coefficient (Wildman–Crippen LogP) is 2.80. The van der Waals surface area contributed by atoms with Crippen molar-refractivity contribution in [1.82, 2.24) is 9.38 Å². The Balaban J connectivity index is 0.000000845. The zero-order chi connectivity index (χ0) is 8.55. The summed E-state index contributed by atoms with van der Waals surface area (Å²) in [6.07, 6.45) is 3.85. The van der Waals surface area contributed by atoms with Crippen molar-refractivity contribution in [3.05, 3.63) is 35.8 Å². The number of aromatic nitrogens is 2. The Kier molecular flexibility index (Phi) is 3.17. The number of hydrogen-bond acceptors (Lipinski definition) is 1. The Labute approximate surface area is 88.0 Å². The van der Waals surface area contributed by atoms with Crippen LogP contribution in [0, 0.1) is 6.92 Å². The summed E-state index contributed by atoms with van der Waals surface area (Å²) in [7, 11) is 0. The minimum Gasteiger partial charge on any atom is -0.303 e. The van der Waals surface area contributed by atoms with Crippen LogP contribution in [0.25, 0.3) is 5.65 Å². The van der Waals surface area contributed by atoms with Gasteiger partial charge in [-0.3, -0.25) is 0 Å². The van der Waals surface area contributed by atoms with E-state index < -0.39 is 0 Å². The highest BCUT2D eigenvalue weighted by molar-refractivity contribution is 6.16. The lowest BCUT2D eigenvalue weighted by Crippen LogP contribution is -1.89. The summed E-state index contributed by atoms with van der Waals surface area (Å²) in [5, 5.41) is 0. The maximum Gasteiger partial charge on any atom is 0.136 e. The Morgan fingerprint density at radius 2 is 2.23 bits per heavy atom. The first kappa shape index (κ1) is 10.4. The number of alkyl halides is 1. The number of hydrogen-bond donors (Lipinski definition) is 0. The number of imidazole rings is 1. The molecule has 2 rings (SSSR count). The highest BCUT2D eigenvalue weighted by Gasteiger charge is 2.00. The molecular weight excluding hydrogens is 207 g/mol. The van der Waals surface area contributed by atoms with E-state index in [9.17, 15) is 0 Å². The van der Waals surface area contributed by atoms with Crippen molar-refractivity contribution in [2.45, 2.75) is 12.8 Å². The number of nitrogens with zero attached hydrogens (tertiary/aromatic N) is 2. The van der Waals surface area contributed by atoms with E-state index in [2.05, 4.69) is 11.9 Å². The van der Waals surface area contributed by atoms with Crippen LogP contribution in [0.5, 0.6) is 0 Å². The van der Waals surface area contributed by atoms with Gasteiger partial charge in [-0.1, -0.05) is 6.07 Å². The molecule has 0 aliphatic rings. The summed E-state index contributed by atoms with van der Waals surface area (Å²) in [4.78, 5) is 4.21. The molecule has 13 heavy (non-hydrogen) atoms. The van der Waals surface area contributed by atoms with Gasteiger partial charge in [0.05, 0.1) is 17.8 Å². The van der Waals surface area contributed by atoms with Crippen molar-refractivity contribution < 1.29 is 0 Å². The molecular formula is C9H10Cl2N2. The Bertz CT molecular complexity index is 409. The summed E-state index contributed by atoms with van der Waals surface area (Å²) in [5.74, 6) is 0.505. The van der Waals surface area contributed by atoms with Gasteiger partial charge in [0.1, 0.15) is 5.65 Å². The van der Waals surface area contributed by atoms with E-state index >= 15 is 0 Å². The standard InChI is InChI=1S/C9H9ClN2.ClH/c1-7-2-3-9-11-5-8(4-10)12(9)6-7;/h2-3,5-6H,4H2,1H3;1H. The molecule has 70 valence electrons. The fraction of sp³-hybridized carbons (Fsp3) is 0.222. The summed E-state index contributed by atoms with van der Waals surface area (Å²) < 4.78 is 2.02. The summed E-state index contributed by atoms with van der Waals surface area (Å²) >= 11 is 5.74. The molecule has 2 nitrogen and oxygen atoms in total. The monoisotopic (exact) mass is 216 g/mol. The third kappa shape index (κ3) is 1.79. The van der Waals surface area contributed by atoms with Crippen LogP contribution in [0.1, 0.15) is 11.3 Å². The van der Waals surface area contributed by atoms with Gasteiger partial charge < -0.3 is 4.40 Å². The second-order valence-corrected chi connectivity index (χ2v) is 3.09. The first-order valence-electron chi connectivity index (χ1n) is 3.80. The molecule has 0 aliphatic heterocycles. The van der Waals surface area contributed by atoms with E-state index in [1.165, 1.54) is 5.56 Å².